The van der Waals surface area contributed by atoms with Crippen LogP contribution in [-0.4, -0.2) is 31.6 Å². The van der Waals surface area contributed by atoms with Crippen LogP contribution in [0.25, 0.3) is 21.9 Å². The van der Waals surface area contributed by atoms with Gasteiger partial charge in [0.25, 0.3) is 0 Å². The van der Waals surface area contributed by atoms with E-state index in [1.807, 2.05) is 49.5 Å². The predicted octanol–water partition coefficient (Wildman–Crippen LogP) is 3.43. The molecule has 2 heterocycles. The fourth-order valence-corrected chi connectivity index (χ4v) is 3.28. The van der Waals surface area contributed by atoms with Crippen LogP contribution < -0.4 is 5.43 Å². The van der Waals surface area contributed by atoms with E-state index in [-0.39, 0.29) is 5.91 Å². The number of carbonyl (C=O) groups excluding carboxylic acids is 1. The molecule has 28 heavy (non-hydrogen) atoms. The minimum atomic E-state index is -0.0809. The maximum absolute atomic E-state index is 12.1. The lowest BCUT2D eigenvalue weighted by Gasteiger charge is -2.04. The van der Waals surface area contributed by atoms with E-state index in [1.54, 1.807) is 4.68 Å². The quantitative estimate of drug-likeness (QED) is 0.384. The number of para-hydroxylation sites is 2. The van der Waals surface area contributed by atoms with E-state index in [2.05, 4.69) is 38.0 Å². The number of nitrogens with zero attached hydrogens (tertiary/aromatic N) is 4. The summed E-state index contributed by atoms with van der Waals surface area (Å²) in [5, 5.41) is 13.7. The minimum Gasteiger partial charge on any atom is -0.361 e. The van der Waals surface area contributed by atoms with Crippen LogP contribution >= 0.6 is 0 Å². The van der Waals surface area contributed by atoms with Gasteiger partial charge in [0.15, 0.2) is 0 Å². The zero-order chi connectivity index (χ0) is 19.3. The third kappa shape index (κ3) is 3.93. The molecule has 7 heteroatoms. The smallest absolute Gasteiger partial charge is 0.240 e. The highest BCUT2D eigenvalue weighted by molar-refractivity contribution is 5.86. The number of benzene rings is 2. The van der Waals surface area contributed by atoms with Gasteiger partial charge in [-0.25, -0.2) is 10.1 Å². The van der Waals surface area contributed by atoms with Gasteiger partial charge in [0.1, 0.15) is 5.52 Å². The van der Waals surface area contributed by atoms with Crippen LogP contribution in [0.4, 0.5) is 0 Å². The Balaban J connectivity index is 1.27. The van der Waals surface area contributed by atoms with Crippen LogP contribution in [0.15, 0.2) is 59.8 Å². The van der Waals surface area contributed by atoms with Crippen molar-refractivity contribution in [3.63, 3.8) is 0 Å². The highest BCUT2D eigenvalue weighted by Crippen LogP contribution is 2.19. The number of H-pyrrole nitrogens is 1. The van der Waals surface area contributed by atoms with E-state index >= 15 is 0 Å². The van der Waals surface area contributed by atoms with Crippen LogP contribution in [0.3, 0.4) is 0 Å². The zero-order valence-electron chi connectivity index (χ0n) is 15.7. The van der Waals surface area contributed by atoms with Gasteiger partial charge in [-0.2, -0.15) is 5.10 Å². The number of amides is 1. The topological polar surface area (TPSA) is 88.0 Å². The SMILES string of the molecule is CC(Cn1nnc2ccccc21)=NNC(=O)CCCc1c[nH]c2ccccc12. The molecule has 0 aliphatic rings. The fraction of sp³-hybridized carbons (Fsp3) is 0.238. The Bertz CT molecular complexity index is 1140. The molecule has 7 nitrogen and oxygen atoms in total. The lowest BCUT2D eigenvalue weighted by molar-refractivity contribution is -0.121. The first-order valence-corrected chi connectivity index (χ1v) is 9.36. The summed E-state index contributed by atoms with van der Waals surface area (Å²) in [7, 11) is 0. The van der Waals surface area contributed by atoms with E-state index in [0.717, 1.165) is 35.1 Å². The summed E-state index contributed by atoms with van der Waals surface area (Å²) in [6, 6.07) is 16.0. The first kappa shape index (κ1) is 17.9. The average molecular weight is 374 g/mol. The van der Waals surface area contributed by atoms with Gasteiger partial charge in [-0.1, -0.05) is 35.5 Å². The number of hydrogen-bond acceptors (Lipinski definition) is 4. The van der Waals surface area contributed by atoms with Crippen molar-refractivity contribution in [2.45, 2.75) is 32.7 Å². The molecule has 0 aliphatic carbocycles. The highest BCUT2D eigenvalue weighted by atomic mass is 16.2. The van der Waals surface area contributed by atoms with E-state index in [0.29, 0.717) is 13.0 Å². The molecule has 4 aromatic rings. The molecule has 0 aliphatic heterocycles. The van der Waals surface area contributed by atoms with Crippen LogP contribution in [0, 0.1) is 0 Å². The molecular weight excluding hydrogens is 352 g/mol. The van der Waals surface area contributed by atoms with Crippen molar-refractivity contribution >= 4 is 33.6 Å². The number of fused-ring (bicyclic) bond motifs is 2. The molecule has 0 radical (unpaired) electrons. The summed E-state index contributed by atoms with van der Waals surface area (Å²) in [6.07, 6.45) is 4.08. The Hall–Kier alpha value is -3.48. The van der Waals surface area contributed by atoms with Gasteiger partial charge < -0.3 is 4.98 Å². The second-order valence-electron chi connectivity index (χ2n) is 6.83. The summed E-state index contributed by atoms with van der Waals surface area (Å²) in [4.78, 5) is 15.4. The molecule has 4 rings (SSSR count). The Kier molecular flexibility index (Phi) is 5.14. The molecule has 1 amide bonds. The number of hydrazone groups is 1. The third-order valence-electron chi connectivity index (χ3n) is 4.70. The second kappa shape index (κ2) is 8.04. The van der Waals surface area contributed by atoms with E-state index < -0.39 is 0 Å². The molecular formula is C21H22N6O. The summed E-state index contributed by atoms with van der Waals surface area (Å²) in [5.74, 6) is -0.0809. The fourth-order valence-electron chi connectivity index (χ4n) is 3.28. The number of rotatable bonds is 7. The number of hydrogen-bond donors (Lipinski definition) is 2. The summed E-state index contributed by atoms with van der Waals surface area (Å²) in [5.41, 5.74) is 7.56. The third-order valence-corrected chi connectivity index (χ3v) is 4.70. The van der Waals surface area contributed by atoms with Gasteiger partial charge in [0, 0.05) is 23.5 Å². The van der Waals surface area contributed by atoms with Crippen molar-refractivity contribution in [3.05, 3.63) is 60.3 Å². The van der Waals surface area contributed by atoms with Crippen molar-refractivity contribution < 1.29 is 4.79 Å². The molecule has 0 bridgehead atoms. The monoisotopic (exact) mass is 374 g/mol. The van der Waals surface area contributed by atoms with E-state index in [4.69, 9.17) is 0 Å². The molecule has 2 aromatic carbocycles. The summed E-state index contributed by atoms with van der Waals surface area (Å²) >= 11 is 0. The molecule has 0 spiro atoms. The molecule has 0 fully saturated rings. The number of nitrogens with one attached hydrogen (secondary N) is 2. The molecule has 142 valence electrons. The van der Waals surface area contributed by atoms with Crippen molar-refractivity contribution in [3.8, 4) is 0 Å². The van der Waals surface area contributed by atoms with Gasteiger partial charge >= 0.3 is 0 Å². The maximum atomic E-state index is 12.1. The van der Waals surface area contributed by atoms with Gasteiger partial charge in [0.05, 0.1) is 17.8 Å². The maximum Gasteiger partial charge on any atom is 0.240 e. The number of aryl methyl sites for hydroxylation is 1. The number of carbonyl (C=O) groups is 1. The predicted molar refractivity (Wildman–Crippen MR) is 110 cm³/mol. The Labute approximate surface area is 162 Å². The summed E-state index contributed by atoms with van der Waals surface area (Å²) < 4.78 is 1.78. The average Bonchev–Trinajstić information content (AvgIpc) is 3.31. The molecule has 2 N–H and O–H groups in total. The van der Waals surface area contributed by atoms with Crippen LogP contribution in [0.5, 0.6) is 0 Å². The van der Waals surface area contributed by atoms with Crippen molar-refractivity contribution in [1.29, 1.82) is 0 Å². The Morgan fingerprint density at radius 2 is 2.00 bits per heavy atom. The zero-order valence-corrected chi connectivity index (χ0v) is 15.7. The molecule has 0 saturated carbocycles. The lowest BCUT2D eigenvalue weighted by Crippen LogP contribution is -2.20. The van der Waals surface area contributed by atoms with Gasteiger partial charge in [-0.3, -0.25) is 4.79 Å². The van der Waals surface area contributed by atoms with Crippen molar-refractivity contribution in [1.82, 2.24) is 25.4 Å². The van der Waals surface area contributed by atoms with Crippen molar-refractivity contribution in [2.75, 3.05) is 0 Å². The van der Waals surface area contributed by atoms with Crippen LogP contribution in [-0.2, 0) is 17.8 Å². The number of aromatic amines is 1. The minimum absolute atomic E-state index is 0.0809. The highest BCUT2D eigenvalue weighted by Gasteiger charge is 2.07. The largest absolute Gasteiger partial charge is 0.361 e. The second-order valence-corrected chi connectivity index (χ2v) is 6.83. The normalized spacial score (nSPS) is 12.0. The first-order chi connectivity index (χ1) is 13.7. The molecule has 0 unspecified atom stereocenters. The van der Waals surface area contributed by atoms with Crippen LogP contribution in [0.1, 0.15) is 25.3 Å². The van der Waals surface area contributed by atoms with E-state index in [9.17, 15) is 4.79 Å². The summed E-state index contributed by atoms with van der Waals surface area (Å²) in [6.45, 7) is 2.35. The van der Waals surface area contributed by atoms with Gasteiger partial charge in [-0.05, 0) is 43.5 Å². The number of aromatic nitrogens is 4. The van der Waals surface area contributed by atoms with Crippen LogP contribution in [0.2, 0.25) is 0 Å². The molecule has 2 aromatic heterocycles. The van der Waals surface area contributed by atoms with Gasteiger partial charge in [-0.15, -0.1) is 5.10 Å². The molecule has 0 saturated heterocycles. The van der Waals surface area contributed by atoms with Gasteiger partial charge in [0.2, 0.25) is 5.91 Å². The molecule has 0 atom stereocenters. The Morgan fingerprint density at radius 3 is 2.93 bits per heavy atom. The van der Waals surface area contributed by atoms with E-state index in [1.165, 1.54) is 10.9 Å². The first-order valence-electron chi connectivity index (χ1n) is 9.36. The van der Waals surface area contributed by atoms with Crippen molar-refractivity contribution in [2.24, 2.45) is 5.10 Å². The standard InChI is InChI=1S/C21H22N6O/c1-15(14-27-20-11-5-4-10-19(20)24-26-27)23-25-21(28)12-6-7-16-13-22-18-9-3-2-8-17(16)18/h2-5,8-11,13,22H,6-7,12,14H2,1H3,(H,25,28). The lowest BCUT2D eigenvalue weighted by atomic mass is 10.1. The Morgan fingerprint density at radius 1 is 1.18 bits per heavy atom.